The van der Waals surface area contributed by atoms with Crippen molar-refractivity contribution in [1.82, 2.24) is 4.90 Å². The first-order valence-corrected chi connectivity index (χ1v) is 14.5. The zero-order valence-corrected chi connectivity index (χ0v) is 23.7. The zero-order valence-electron chi connectivity index (χ0n) is 22.9. The van der Waals surface area contributed by atoms with E-state index in [1.807, 2.05) is 52.0 Å². The first-order chi connectivity index (χ1) is 16.7. The fraction of sp³-hybridized carbons (Fsp3) is 0.552. The molecule has 36 heavy (non-hydrogen) atoms. The molecule has 1 amide bonds. The number of phenolic OH excluding ortho intramolecular Hbond substituents is 1. The molecule has 1 heterocycles. The predicted molar refractivity (Wildman–Crippen MR) is 146 cm³/mol. The number of carbonyl (C=O) groups excluding carboxylic acids is 1. The van der Waals surface area contributed by atoms with E-state index in [1.165, 1.54) is 12.5 Å². The van der Waals surface area contributed by atoms with E-state index in [9.17, 15) is 14.1 Å². The standard InChI is InChI=1S/C29H42N2O4S/c1-8-9-16-36(34,30-21(2)32)25-12-11-23-19-31(20-24(23)18-25)29(6,7)15-14-22-10-13-26(33)27(17-22)35-28(3,4)5/h10-13,17-18,33H,8-9,14-16,19-20H2,1-7H3. The topological polar surface area (TPSA) is 79.2 Å². The lowest BCUT2D eigenvalue weighted by atomic mass is 9.93. The predicted octanol–water partition coefficient (Wildman–Crippen LogP) is 6.47. The van der Waals surface area contributed by atoms with Gasteiger partial charge in [-0.3, -0.25) is 9.69 Å². The van der Waals surface area contributed by atoms with Crippen molar-refractivity contribution in [3.05, 3.63) is 53.1 Å². The summed E-state index contributed by atoms with van der Waals surface area (Å²) in [5.41, 5.74) is 3.06. The lowest BCUT2D eigenvalue weighted by Gasteiger charge is -2.35. The van der Waals surface area contributed by atoms with Crippen molar-refractivity contribution in [1.29, 1.82) is 0 Å². The molecule has 0 saturated carbocycles. The second-order valence-corrected chi connectivity index (χ2v) is 13.8. The maximum absolute atomic E-state index is 13.6. The van der Waals surface area contributed by atoms with E-state index < -0.39 is 9.73 Å². The number of fused-ring (bicyclic) bond motifs is 1. The van der Waals surface area contributed by atoms with Crippen molar-refractivity contribution >= 4 is 15.6 Å². The van der Waals surface area contributed by atoms with Crippen LogP contribution >= 0.6 is 0 Å². The van der Waals surface area contributed by atoms with E-state index in [2.05, 4.69) is 29.2 Å². The van der Waals surface area contributed by atoms with Crippen LogP contribution in [0.5, 0.6) is 11.5 Å². The van der Waals surface area contributed by atoms with Crippen LogP contribution in [0.3, 0.4) is 0 Å². The molecule has 0 fully saturated rings. The number of nitrogens with zero attached hydrogens (tertiary/aromatic N) is 2. The average Bonchev–Trinajstić information content (AvgIpc) is 3.21. The van der Waals surface area contributed by atoms with Crippen LogP contribution in [-0.4, -0.2) is 37.0 Å². The third kappa shape index (κ3) is 7.10. The van der Waals surface area contributed by atoms with E-state index in [4.69, 9.17) is 4.74 Å². The Morgan fingerprint density at radius 3 is 2.42 bits per heavy atom. The number of phenols is 1. The molecule has 2 aromatic rings. The Labute approximate surface area is 217 Å². The fourth-order valence-electron chi connectivity index (χ4n) is 4.50. The first-order valence-electron chi connectivity index (χ1n) is 12.9. The molecular weight excluding hydrogens is 472 g/mol. The number of aromatic hydroxyl groups is 1. The summed E-state index contributed by atoms with van der Waals surface area (Å²) in [5.74, 6) is 0.696. The zero-order chi connectivity index (χ0) is 26.7. The van der Waals surface area contributed by atoms with Gasteiger partial charge in [0.1, 0.15) is 5.60 Å². The van der Waals surface area contributed by atoms with Crippen LogP contribution in [0.25, 0.3) is 0 Å². The van der Waals surface area contributed by atoms with Crippen LogP contribution < -0.4 is 4.74 Å². The van der Waals surface area contributed by atoms with Gasteiger partial charge in [-0.2, -0.15) is 4.36 Å². The Hall–Kier alpha value is -2.38. The van der Waals surface area contributed by atoms with E-state index in [1.54, 1.807) is 6.07 Å². The number of hydrogen-bond acceptors (Lipinski definition) is 5. The second-order valence-electron chi connectivity index (χ2n) is 11.4. The average molecular weight is 515 g/mol. The Morgan fingerprint density at radius 1 is 1.08 bits per heavy atom. The van der Waals surface area contributed by atoms with Crippen LogP contribution in [0, 0.1) is 0 Å². The highest BCUT2D eigenvalue weighted by molar-refractivity contribution is 7.94. The van der Waals surface area contributed by atoms with Gasteiger partial charge in [0.15, 0.2) is 11.5 Å². The summed E-state index contributed by atoms with van der Waals surface area (Å²) in [4.78, 5) is 14.8. The van der Waals surface area contributed by atoms with Crippen LogP contribution in [0.15, 0.2) is 45.7 Å². The second kappa shape index (κ2) is 10.9. The van der Waals surface area contributed by atoms with Gasteiger partial charge in [0.25, 0.3) is 5.91 Å². The Balaban J connectivity index is 1.74. The molecule has 0 aromatic heterocycles. The number of unbranched alkanes of at least 4 members (excludes halogenated alkanes) is 1. The number of carbonyl (C=O) groups is 1. The molecular formula is C29H42N2O4S. The van der Waals surface area contributed by atoms with Crippen molar-refractivity contribution in [3.63, 3.8) is 0 Å². The number of rotatable bonds is 9. The van der Waals surface area contributed by atoms with E-state index in [0.717, 1.165) is 49.9 Å². The van der Waals surface area contributed by atoms with Gasteiger partial charge in [-0.05, 0) is 94.8 Å². The van der Waals surface area contributed by atoms with Crippen LogP contribution in [0.1, 0.15) is 84.4 Å². The molecule has 198 valence electrons. The Kier molecular flexibility index (Phi) is 8.56. The Bertz CT molecular complexity index is 1220. The van der Waals surface area contributed by atoms with Crippen LogP contribution in [-0.2, 0) is 34.0 Å². The summed E-state index contributed by atoms with van der Waals surface area (Å²) >= 11 is 0. The van der Waals surface area contributed by atoms with E-state index >= 15 is 0 Å². The molecule has 3 rings (SSSR count). The van der Waals surface area contributed by atoms with Gasteiger partial charge in [-0.15, -0.1) is 0 Å². The molecule has 0 bridgehead atoms. The highest BCUT2D eigenvalue weighted by Crippen LogP contribution is 2.35. The number of aryl methyl sites for hydroxylation is 1. The number of ether oxygens (including phenoxy) is 1. The van der Waals surface area contributed by atoms with Crippen LogP contribution in [0.2, 0.25) is 0 Å². The van der Waals surface area contributed by atoms with E-state index in [-0.39, 0.29) is 22.8 Å². The largest absolute Gasteiger partial charge is 0.504 e. The van der Waals surface area contributed by atoms with Crippen molar-refractivity contribution in [2.24, 2.45) is 4.36 Å². The molecule has 1 N–H and O–H groups in total. The molecule has 2 aromatic carbocycles. The van der Waals surface area contributed by atoms with Gasteiger partial charge in [-0.25, -0.2) is 4.21 Å². The van der Waals surface area contributed by atoms with Crippen molar-refractivity contribution in [2.75, 3.05) is 5.75 Å². The summed E-state index contributed by atoms with van der Waals surface area (Å²) in [6, 6.07) is 11.6. The van der Waals surface area contributed by atoms with Gasteiger partial charge in [0.05, 0.1) is 9.73 Å². The van der Waals surface area contributed by atoms with Gasteiger partial charge >= 0.3 is 0 Å². The molecule has 6 nitrogen and oxygen atoms in total. The smallest absolute Gasteiger partial charge is 0.250 e. The van der Waals surface area contributed by atoms with Crippen molar-refractivity contribution < 1.29 is 18.8 Å². The molecule has 1 aliphatic heterocycles. The first kappa shape index (κ1) is 28.2. The highest BCUT2D eigenvalue weighted by Gasteiger charge is 2.32. The summed E-state index contributed by atoms with van der Waals surface area (Å²) < 4.78 is 23.6. The fourth-order valence-corrected chi connectivity index (χ4v) is 6.63. The maximum atomic E-state index is 13.6. The minimum absolute atomic E-state index is 0.0739. The minimum Gasteiger partial charge on any atom is -0.504 e. The van der Waals surface area contributed by atoms with Gasteiger partial charge in [-0.1, -0.05) is 25.5 Å². The molecule has 0 radical (unpaired) electrons. The molecule has 1 aliphatic rings. The summed E-state index contributed by atoms with van der Waals surface area (Å²) in [7, 11) is -2.75. The lowest BCUT2D eigenvalue weighted by Crippen LogP contribution is -2.40. The molecule has 0 saturated heterocycles. The number of amides is 1. The SMILES string of the molecule is CCCCS(=O)(=NC(C)=O)c1ccc2c(c1)CN(C(C)(C)CCc1ccc(O)c(OC(C)(C)C)c1)C2. The molecule has 0 spiro atoms. The lowest BCUT2D eigenvalue weighted by molar-refractivity contribution is -0.115. The van der Waals surface area contributed by atoms with Gasteiger partial charge < -0.3 is 9.84 Å². The monoisotopic (exact) mass is 514 g/mol. The molecule has 0 aliphatic carbocycles. The number of benzene rings is 2. The maximum Gasteiger partial charge on any atom is 0.250 e. The van der Waals surface area contributed by atoms with Gasteiger partial charge in [0.2, 0.25) is 0 Å². The molecule has 1 atom stereocenters. The highest BCUT2D eigenvalue weighted by atomic mass is 32.2. The summed E-state index contributed by atoms with van der Waals surface area (Å²) in [6.07, 6.45) is 3.46. The van der Waals surface area contributed by atoms with Crippen LogP contribution in [0.4, 0.5) is 0 Å². The van der Waals surface area contributed by atoms with Gasteiger partial charge in [0, 0.05) is 36.2 Å². The molecule has 1 unspecified atom stereocenters. The summed E-state index contributed by atoms with van der Waals surface area (Å²) in [5, 5.41) is 10.2. The van der Waals surface area contributed by atoms with Crippen molar-refractivity contribution in [3.8, 4) is 11.5 Å². The third-order valence-corrected chi connectivity index (χ3v) is 9.03. The third-order valence-electron chi connectivity index (χ3n) is 6.64. The Morgan fingerprint density at radius 2 is 1.78 bits per heavy atom. The minimum atomic E-state index is -2.75. The normalized spacial score (nSPS) is 15.9. The summed E-state index contributed by atoms with van der Waals surface area (Å²) in [6.45, 7) is 15.4. The number of hydrogen-bond donors (Lipinski definition) is 1. The molecule has 7 heteroatoms. The van der Waals surface area contributed by atoms with E-state index in [0.29, 0.717) is 16.4 Å². The van der Waals surface area contributed by atoms with Crippen molar-refractivity contribution in [2.45, 2.75) is 103 Å². The quantitative estimate of drug-likeness (QED) is 0.415.